The van der Waals surface area contributed by atoms with Crippen LogP contribution in [0.4, 0.5) is 5.82 Å². The largest absolute Gasteiger partial charge is 0.352 e. The average Bonchev–Trinajstić information content (AvgIpc) is 2.37. The average molecular weight is 249 g/mol. The minimum absolute atomic E-state index is 0.549. The third-order valence-corrected chi connectivity index (χ3v) is 3.75. The second-order valence-corrected chi connectivity index (χ2v) is 5.18. The zero-order valence-corrected chi connectivity index (χ0v) is 11.7. The molecule has 1 aromatic heterocycles. The van der Waals surface area contributed by atoms with Crippen molar-refractivity contribution >= 4 is 5.82 Å². The predicted octanol–water partition coefficient (Wildman–Crippen LogP) is 0.725. The van der Waals surface area contributed by atoms with Gasteiger partial charge in [-0.3, -0.25) is 4.90 Å². The summed E-state index contributed by atoms with van der Waals surface area (Å²) in [5.41, 5.74) is 0.983. The van der Waals surface area contributed by atoms with E-state index in [0.29, 0.717) is 12.1 Å². The number of aromatic nitrogens is 2. The molecule has 0 bridgehead atoms. The number of hydrogen-bond donors (Lipinski definition) is 1. The molecule has 1 N–H and O–H groups in total. The molecule has 1 fully saturated rings. The lowest BCUT2D eigenvalue weighted by molar-refractivity contribution is 0.169. The van der Waals surface area contributed by atoms with Gasteiger partial charge in [0, 0.05) is 31.7 Å². The molecule has 100 valence electrons. The monoisotopic (exact) mass is 249 g/mol. The molecule has 1 aliphatic rings. The molecule has 1 aliphatic heterocycles. The predicted molar refractivity (Wildman–Crippen MR) is 73.7 cm³/mol. The van der Waals surface area contributed by atoms with Crippen LogP contribution in [0.3, 0.4) is 0 Å². The van der Waals surface area contributed by atoms with Gasteiger partial charge in [0.2, 0.25) is 0 Å². The van der Waals surface area contributed by atoms with Gasteiger partial charge in [0.05, 0.1) is 5.69 Å². The van der Waals surface area contributed by atoms with Crippen LogP contribution in [0.2, 0.25) is 0 Å². The van der Waals surface area contributed by atoms with E-state index in [-0.39, 0.29) is 0 Å². The lowest BCUT2D eigenvalue weighted by Gasteiger charge is -2.42. The maximum Gasteiger partial charge on any atom is 0.151 e. The maximum atomic E-state index is 4.33. The van der Waals surface area contributed by atoms with Gasteiger partial charge in [-0.1, -0.05) is 0 Å². The fraction of sp³-hybridized carbons (Fsp3) is 0.692. The van der Waals surface area contributed by atoms with E-state index in [4.69, 9.17) is 0 Å². The Morgan fingerprint density at radius 2 is 1.89 bits per heavy atom. The van der Waals surface area contributed by atoms with Crippen LogP contribution in [-0.4, -0.2) is 54.4 Å². The summed E-state index contributed by atoms with van der Waals surface area (Å²) in [7, 11) is 4.10. The quantitative estimate of drug-likeness (QED) is 0.855. The third-order valence-electron chi connectivity index (χ3n) is 3.75. The molecule has 2 unspecified atom stereocenters. The number of anilines is 1. The normalized spacial score (nSPS) is 25.4. The van der Waals surface area contributed by atoms with Gasteiger partial charge in [0.1, 0.15) is 0 Å². The van der Waals surface area contributed by atoms with Crippen molar-refractivity contribution in [1.82, 2.24) is 20.4 Å². The molecule has 2 atom stereocenters. The van der Waals surface area contributed by atoms with Gasteiger partial charge < -0.3 is 10.2 Å². The number of likely N-dealkylation sites (N-methyl/N-ethyl adjacent to an activating group) is 1. The van der Waals surface area contributed by atoms with E-state index in [9.17, 15) is 0 Å². The molecule has 18 heavy (non-hydrogen) atoms. The molecule has 5 heteroatoms. The highest BCUT2D eigenvalue weighted by Crippen LogP contribution is 2.18. The van der Waals surface area contributed by atoms with Crippen LogP contribution in [0.1, 0.15) is 19.5 Å². The second kappa shape index (κ2) is 5.63. The summed E-state index contributed by atoms with van der Waals surface area (Å²) in [6.45, 7) is 7.31. The summed E-state index contributed by atoms with van der Waals surface area (Å²) >= 11 is 0. The third kappa shape index (κ3) is 2.79. The highest BCUT2D eigenvalue weighted by Gasteiger charge is 2.27. The van der Waals surface area contributed by atoms with Crippen molar-refractivity contribution in [2.45, 2.75) is 32.5 Å². The number of nitrogens with one attached hydrogen (secondary N) is 1. The van der Waals surface area contributed by atoms with Crippen molar-refractivity contribution in [3.05, 3.63) is 17.8 Å². The van der Waals surface area contributed by atoms with Gasteiger partial charge in [0.25, 0.3) is 0 Å². The number of piperazine rings is 1. The van der Waals surface area contributed by atoms with Crippen LogP contribution in [0.5, 0.6) is 0 Å². The highest BCUT2D eigenvalue weighted by molar-refractivity contribution is 5.38. The van der Waals surface area contributed by atoms with Crippen molar-refractivity contribution in [3.8, 4) is 0 Å². The Hall–Kier alpha value is -1.20. The van der Waals surface area contributed by atoms with Crippen LogP contribution in [-0.2, 0) is 6.54 Å². The molecular formula is C13H23N5. The van der Waals surface area contributed by atoms with Crippen molar-refractivity contribution in [2.75, 3.05) is 32.1 Å². The first-order valence-corrected chi connectivity index (χ1v) is 6.56. The fourth-order valence-electron chi connectivity index (χ4n) is 2.39. The van der Waals surface area contributed by atoms with E-state index in [1.54, 1.807) is 0 Å². The molecule has 0 aromatic carbocycles. The molecule has 5 nitrogen and oxygen atoms in total. The molecule has 2 heterocycles. The molecule has 1 aromatic rings. The van der Waals surface area contributed by atoms with Crippen LogP contribution >= 0.6 is 0 Å². The Morgan fingerprint density at radius 3 is 2.39 bits per heavy atom. The molecule has 0 saturated carbocycles. The summed E-state index contributed by atoms with van der Waals surface area (Å²) in [5, 5.41) is 11.7. The molecule has 0 spiro atoms. The van der Waals surface area contributed by atoms with Crippen LogP contribution in [0.25, 0.3) is 0 Å². The standard InChI is InChI=1S/C13H23N5/c1-10-8-18(9-11(2)17(10)4)13-6-5-12(7-14-3)15-16-13/h5-6,10-11,14H,7-9H2,1-4H3. The van der Waals surface area contributed by atoms with Crippen LogP contribution < -0.4 is 10.2 Å². The smallest absolute Gasteiger partial charge is 0.151 e. The van der Waals surface area contributed by atoms with Gasteiger partial charge in [-0.05, 0) is 40.1 Å². The Bertz CT molecular complexity index is 365. The van der Waals surface area contributed by atoms with E-state index in [1.165, 1.54) is 0 Å². The minimum atomic E-state index is 0.549. The molecule has 0 aliphatic carbocycles. The van der Waals surface area contributed by atoms with Crippen molar-refractivity contribution < 1.29 is 0 Å². The molecule has 0 amide bonds. The minimum Gasteiger partial charge on any atom is -0.352 e. The summed E-state index contributed by atoms with van der Waals surface area (Å²) in [5.74, 6) is 0.988. The van der Waals surface area contributed by atoms with E-state index >= 15 is 0 Å². The highest BCUT2D eigenvalue weighted by atomic mass is 15.3. The van der Waals surface area contributed by atoms with Crippen LogP contribution in [0.15, 0.2) is 12.1 Å². The van der Waals surface area contributed by atoms with Gasteiger partial charge in [-0.2, -0.15) is 5.10 Å². The summed E-state index contributed by atoms with van der Waals surface area (Å²) in [6.07, 6.45) is 0. The number of nitrogens with zero attached hydrogens (tertiary/aromatic N) is 4. The SMILES string of the molecule is CNCc1ccc(N2CC(C)N(C)C(C)C2)nn1. The van der Waals surface area contributed by atoms with Gasteiger partial charge in [0.15, 0.2) is 5.82 Å². The Labute approximate surface area is 109 Å². The lowest BCUT2D eigenvalue weighted by Crippen LogP contribution is -2.55. The zero-order chi connectivity index (χ0) is 13.1. The zero-order valence-electron chi connectivity index (χ0n) is 11.7. The Balaban J connectivity index is 2.07. The molecule has 0 radical (unpaired) electrons. The van der Waals surface area contributed by atoms with E-state index in [0.717, 1.165) is 31.1 Å². The van der Waals surface area contributed by atoms with Gasteiger partial charge in [-0.15, -0.1) is 5.10 Å². The molecule has 2 rings (SSSR count). The van der Waals surface area contributed by atoms with Crippen molar-refractivity contribution in [3.63, 3.8) is 0 Å². The van der Waals surface area contributed by atoms with Crippen molar-refractivity contribution in [2.24, 2.45) is 0 Å². The lowest BCUT2D eigenvalue weighted by atomic mass is 10.1. The Morgan fingerprint density at radius 1 is 1.22 bits per heavy atom. The fourth-order valence-corrected chi connectivity index (χ4v) is 2.39. The topological polar surface area (TPSA) is 44.3 Å². The molecule has 1 saturated heterocycles. The summed E-state index contributed by atoms with van der Waals surface area (Å²) in [6, 6.07) is 5.22. The van der Waals surface area contributed by atoms with E-state index < -0.39 is 0 Å². The Kier molecular flexibility index (Phi) is 4.14. The first kappa shape index (κ1) is 13.2. The van der Waals surface area contributed by atoms with E-state index in [2.05, 4.69) is 52.3 Å². The summed E-state index contributed by atoms with van der Waals surface area (Å²) < 4.78 is 0. The number of rotatable bonds is 3. The van der Waals surface area contributed by atoms with Gasteiger partial charge in [-0.25, -0.2) is 0 Å². The first-order chi connectivity index (χ1) is 8.61. The number of hydrogen-bond acceptors (Lipinski definition) is 5. The maximum absolute atomic E-state index is 4.33. The van der Waals surface area contributed by atoms with E-state index in [1.807, 2.05) is 13.1 Å². The molecular weight excluding hydrogens is 226 g/mol. The summed E-state index contributed by atoms with van der Waals surface area (Å²) in [4.78, 5) is 4.74. The van der Waals surface area contributed by atoms with Gasteiger partial charge >= 0.3 is 0 Å². The van der Waals surface area contributed by atoms with Crippen molar-refractivity contribution in [1.29, 1.82) is 0 Å². The second-order valence-electron chi connectivity index (χ2n) is 5.18. The first-order valence-electron chi connectivity index (χ1n) is 6.56. The van der Waals surface area contributed by atoms with Crippen LogP contribution in [0, 0.1) is 0 Å².